The highest BCUT2D eigenvalue weighted by Gasteiger charge is 2.51. The Hall–Kier alpha value is -3.33. The maximum atomic E-state index is 15.6. The number of rotatable bonds is 13. The van der Waals surface area contributed by atoms with Gasteiger partial charge in [-0.1, -0.05) is 67.6 Å². The molecule has 0 unspecified atom stereocenters. The number of aliphatic hydroxyl groups is 1. The van der Waals surface area contributed by atoms with Gasteiger partial charge in [-0.25, -0.2) is 0 Å². The number of benzene rings is 3. The summed E-state index contributed by atoms with van der Waals surface area (Å²) in [5.41, 5.74) is 3.38. The number of hydrogen-bond acceptors (Lipinski definition) is 4. The molecule has 8 heteroatoms. The molecule has 41 heavy (non-hydrogen) atoms. The maximum Gasteiger partial charge on any atom is 0.246 e. The van der Waals surface area contributed by atoms with Crippen molar-refractivity contribution in [3.63, 3.8) is 0 Å². The van der Waals surface area contributed by atoms with Crippen LogP contribution in [0.3, 0.4) is 0 Å². The highest BCUT2D eigenvalue weighted by atomic mass is 28.4. The molecule has 3 aromatic carbocycles. The van der Waals surface area contributed by atoms with Crippen LogP contribution in [-0.2, 0) is 27.3 Å². The first-order valence-corrected chi connectivity index (χ1v) is 17.3. The van der Waals surface area contributed by atoms with E-state index < -0.39 is 14.5 Å². The normalized spacial score (nSPS) is 20.5. The summed E-state index contributed by atoms with van der Waals surface area (Å²) in [4.78, 5) is 28.4. The Labute approximate surface area is 243 Å². The number of para-hydroxylation sites is 1. The molecule has 0 bridgehead atoms. The zero-order valence-electron chi connectivity index (χ0n) is 24.2. The minimum absolute atomic E-state index is 0.0113. The van der Waals surface area contributed by atoms with Gasteiger partial charge < -0.3 is 18.9 Å². The van der Waals surface area contributed by atoms with Crippen LogP contribution in [0.25, 0.3) is 0 Å². The number of halogens is 1. The average molecular weight is 577 g/mol. The van der Waals surface area contributed by atoms with Gasteiger partial charge in [0.05, 0.1) is 25.2 Å². The number of aliphatic hydroxyl groups excluding tert-OH is 1. The summed E-state index contributed by atoms with van der Waals surface area (Å²) >= 11 is 0. The zero-order valence-corrected chi connectivity index (χ0v) is 25.2. The van der Waals surface area contributed by atoms with Crippen molar-refractivity contribution in [2.45, 2.75) is 63.6 Å². The third-order valence-corrected chi connectivity index (χ3v) is 10.6. The minimum atomic E-state index is -3.13. The number of hydrogen-bond donors (Lipinski definition) is 1. The van der Waals surface area contributed by atoms with E-state index in [1.54, 1.807) is 22.9 Å². The number of ether oxygens (including phenoxy) is 1. The van der Waals surface area contributed by atoms with Crippen molar-refractivity contribution < 1.29 is 23.5 Å². The highest BCUT2D eigenvalue weighted by Crippen LogP contribution is 2.47. The lowest BCUT2D eigenvalue weighted by atomic mass is 9.95. The quantitative estimate of drug-likeness (QED) is 0.148. The highest BCUT2D eigenvalue weighted by molar-refractivity contribution is 6.72. The fraction of sp³-hybridized carbons (Fsp3) is 0.394. The van der Waals surface area contributed by atoms with Gasteiger partial charge in [0.1, 0.15) is 0 Å². The van der Waals surface area contributed by atoms with Gasteiger partial charge in [-0.3, -0.25) is 14.5 Å². The van der Waals surface area contributed by atoms with Crippen LogP contribution >= 0.6 is 0 Å². The Morgan fingerprint density at radius 3 is 2.12 bits per heavy atom. The van der Waals surface area contributed by atoms with Gasteiger partial charge in [0.25, 0.3) is 0 Å². The van der Waals surface area contributed by atoms with Gasteiger partial charge in [0, 0.05) is 30.0 Å². The van der Waals surface area contributed by atoms with Crippen molar-refractivity contribution in [3.05, 3.63) is 96.1 Å². The molecule has 0 saturated carbocycles. The summed E-state index contributed by atoms with van der Waals surface area (Å²) < 4.78 is 22.1. The summed E-state index contributed by atoms with van der Waals surface area (Å²) in [5.74, 6) is -0.138. The van der Waals surface area contributed by atoms with Crippen LogP contribution in [0.4, 0.5) is 15.5 Å². The SMILES string of the molecule is C[C@@H]1[C@@H]([Si](C)(C)F)[C@H](CC(=O)N(CCO)Cc2ccccc2)O[C@@H]1CCc1ccc(N(C=O)c2ccccc2)cc1. The van der Waals surface area contributed by atoms with Gasteiger partial charge in [-0.15, -0.1) is 0 Å². The van der Waals surface area contributed by atoms with Crippen LogP contribution in [0, 0.1) is 5.92 Å². The number of aryl methyl sites for hydroxylation is 1. The summed E-state index contributed by atoms with van der Waals surface area (Å²) in [7, 11) is -3.13. The van der Waals surface area contributed by atoms with Gasteiger partial charge in [0.15, 0.2) is 0 Å². The molecule has 4 atom stereocenters. The van der Waals surface area contributed by atoms with Crippen LogP contribution in [0.15, 0.2) is 84.9 Å². The van der Waals surface area contributed by atoms with E-state index >= 15 is 4.11 Å². The van der Waals surface area contributed by atoms with Gasteiger partial charge in [0.2, 0.25) is 20.7 Å². The lowest BCUT2D eigenvalue weighted by Gasteiger charge is -2.30. The summed E-state index contributed by atoms with van der Waals surface area (Å²) in [6.45, 7) is 5.95. The van der Waals surface area contributed by atoms with Crippen molar-refractivity contribution in [1.82, 2.24) is 4.90 Å². The minimum Gasteiger partial charge on any atom is -0.395 e. The number of amides is 2. The average Bonchev–Trinajstić information content (AvgIpc) is 3.28. The molecule has 1 aliphatic heterocycles. The summed E-state index contributed by atoms with van der Waals surface area (Å²) in [6, 6.07) is 27.0. The molecule has 1 heterocycles. The van der Waals surface area contributed by atoms with Crippen LogP contribution in [-0.4, -0.2) is 56.1 Å². The van der Waals surface area contributed by atoms with Crippen molar-refractivity contribution in [2.75, 3.05) is 18.1 Å². The zero-order chi connectivity index (χ0) is 29.4. The first-order valence-electron chi connectivity index (χ1n) is 14.4. The lowest BCUT2D eigenvalue weighted by Crippen LogP contribution is -2.40. The monoisotopic (exact) mass is 576 g/mol. The lowest BCUT2D eigenvalue weighted by molar-refractivity contribution is -0.135. The predicted octanol–water partition coefficient (Wildman–Crippen LogP) is 6.27. The molecule has 218 valence electrons. The largest absolute Gasteiger partial charge is 0.395 e. The van der Waals surface area contributed by atoms with E-state index in [1.807, 2.05) is 84.9 Å². The number of anilines is 2. The van der Waals surface area contributed by atoms with Gasteiger partial charge in [-0.2, -0.15) is 0 Å². The molecule has 1 fully saturated rings. The van der Waals surface area contributed by atoms with Crippen molar-refractivity contribution in [1.29, 1.82) is 0 Å². The first-order chi connectivity index (χ1) is 19.7. The molecule has 1 saturated heterocycles. The fourth-order valence-corrected chi connectivity index (χ4v) is 8.63. The second-order valence-corrected chi connectivity index (χ2v) is 15.2. The summed E-state index contributed by atoms with van der Waals surface area (Å²) in [5, 5.41) is 9.59. The van der Waals surface area contributed by atoms with Crippen LogP contribution in [0.2, 0.25) is 18.6 Å². The van der Waals surface area contributed by atoms with Crippen LogP contribution in [0.5, 0.6) is 0 Å². The Morgan fingerprint density at radius 1 is 0.927 bits per heavy atom. The van der Waals surface area contributed by atoms with Crippen molar-refractivity contribution in [2.24, 2.45) is 5.92 Å². The second kappa shape index (κ2) is 14.0. The van der Waals surface area contributed by atoms with Crippen LogP contribution in [0.1, 0.15) is 30.9 Å². The van der Waals surface area contributed by atoms with Crippen molar-refractivity contribution in [3.8, 4) is 0 Å². The van der Waals surface area contributed by atoms with E-state index in [4.69, 9.17) is 4.74 Å². The number of nitrogens with zero attached hydrogens (tertiary/aromatic N) is 2. The molecule has 0 aliphatic carbocycles. The third kappa shape index (κ3) is 7.90. The van der Waals surface area contributed by atoms with E-state index in [1.165, 1.54) is 0 Å². The molecule has 1 aliphatic rings. The molecule has 6 nitrogen and oxygen atoms in total. The standard InChI is InChI=1S/C33H41FN2O4Si/c1-25-30(19-16-26-14-17-29(18-15-26)36(24-38)28-12-8-5-9-13-28)40-31(33(25)41(2,3)34)22-32(39)35(20-21-37)23-27-10-6-4-7-11-27/h4-15,17-18,24-25,30-31,33,37H,16,19-23H2,1-3H3/t25-,30+,31-,33+/m0/s1. The molecule has 0 radical (unpaired) electrons. The molecule has 0 spiro atoms. The van der Waals surface area contributed by atoms with E-state index in [-0.39, 0.29) is 43.0 Å². The van der Waals surface area contributed by atoms with Gasteiger partial charge in [-0.05, 0) is 67.2 Å². The first kappa shape index (κ1) is 30.6. The summed E-state index contributed by atoms with van der Waals surface area (Å²) in [6.07, 6.45) is 1.73. The van der Waals surface area contributed by atoms with E-state index in [0.29, 0.717) is 13.0 Å². The van der Waals surface area contributed by atoms with E-state index in [2.05, 4.69) is 6.92 Å². The Balaban J connectivity index is 1.41. The number of carbonyl (C=O) groups excluding carboxylic acids is 2. The van der Waals surface area contributed by atoms with Crippen LogP contribution < -0.4 is 4.90 Å². The molecule has 4 rings (SSSR count). The molecule has 1 N–H and O–H groups in total. The molecule has 3 aromatic rings. The Kier molecular flexibility index (Phi) is 10.5. The molecular formula is C33H41FN2O4Si. The number of carbonyl (C=O) groups is 2. The molecular weight excluding hydrogens is 535 g/mol. The molecule has 2 amide bonds. The van der Waals surface area contributed by atoms with E-state index in [0.717, 1.165) is 35.3 Å². The van der Waals surface area contributed by atoms with Crippen molar-refractivity contribution >= 4 is 32.1 Å². The topological polar surface area (TPSA) is 70.1 Å². The fourth-order valence-electron chi connectivity index (χ4n) is 6.09. The predicted molar refractivity (Wildman–Crippen MR) is 163 cm³/mol. The molecule has 0 aromatic heterocycles. The Bertz CT molecular complexity index is 1250. The third-order valence-electron chi connectivity index (χ3n) is 8.08. The van der Waals surface area contributed by atoms with E-state index in [9.17, 15) is 14.7 Å². The second-order valence-electron chi connectivity index (χ2n) is 11.4. The smallest absolute Gasteiger partial charge is 0.246 e. The van der Waals surface area contributed by atoms with Gasteiger partial charge >= 0.3 is 0 Å². The Morgan fingerprint density at radius 2 is 1.54 bits per heavy atom. The maximum absolute atomic E-state index is 15.6.